The topological polar surface area (TPSA) is 97.6 Å². The third kappa shape index (κ3) is 7.90. The Hall–Kier alpha value is -4.33. The van der Waals surface area contributed by atoms with E-state index in [0.717, 1.165) is 58.3 Å². The summed E-state index contributed by atoms with van der Waals surface area (Å²) < 4.78 is 15.5. The van der Waals surface area contributed by atoms with Gasteiger partial charge in [0.2, 0.25) is 0 Å². The SMILES string of the molecule is CCNc1cc(C2(Cc3nncn3C)COC2)cc(N2Cc3c(SC)cc(C(CO[Si](c4ccccc4)(c4ccccc4)C(C)(C)C)N4CCC[C@H](C)C4)cc3C2=O)n1. The standard InChI is InChI=1S/C47H59N7O3SSi/c1-8-48-42-24-35(47(30-56-31-47)26-44-51-49-32-52(44)6)25-43(50-42)54-28-39-38(45(54)55)22-34(23-41(39)58-7)40(53-21-15-16-33(2)27-53)29-57-59(46(3,4)5,36-17-11-9-12-18-36)37-19-13-10-14-20-37/h9-14,17-20,22-25,32-33,40H,8,15-16,21,26-31H2,1-7H3,(H,48,50)/t33-,40?/m0/s1. The Morgan fingerprint density at radius 3 is 2.32 bits per heavy atom. The monoisotopic (exact) mass is 829 g/mol. The quantitative estimate of drug-likeness (QED) is 0.0909. The number of hydrogen-bond acceptors (Lipinski definition) is 9. The van der Waals surface area contributed by atoms with Crippen molar-refractivity contribution in [3.8, 4) is 0 Å². The van der Waals surface area contributed by atoms with Gasteiger partial charge in [-0.2, -0.15) is 0 Å². The zero-order valence-corrected chi connectivity index (χ0v) is 37.5. The first-order chi connectivity index (χ1) is 28.5. The highest BCUT2D eigenvalue weighted by atomic mass is 32.2. The van der Waals surface area contributed by atoms with Crippen LogP contribution in [0.15, 0.2) is 96.2 Å². The number of thioether (sulfide) groups is 1. The number of likely N-dealkylation sites (tertiary alicyclic amines) is 1. The lowest BCUT2D eigenvalue weighted by Crippen LogP contribution is -2.67. The minimum Gasteiger partial charge on any atom is -0.405 e. The van der Waals surface area contributed by atoms with Crippen LogP contribution in [0.2, 0.25) is 5.04 Å². The highest BCUT2D eigenvalue weighted by Crippen LogP contribution is 2.43. The summed E-state index contributed by atoms with van der Waals surface area (Å²) in [5.41, 5.74) is 3.75. The first-order valence-electron chi connectivity index (χ1n) is 21.1. The average Bonchev–Trinajstić information content (AvgIpc) is 3.78. The number of aryl methyl sites for hydroxylation is 1. The second-order valence-electron chi connectivity index (χ2n) is 17.8. The van der Waals surface area contributed by atoms with Crippen molar-refractivity contribution in [1.82, 2.24) is 24.6 Å². The predicted molar refractivity (Wildman–Crippen MR) is 241 cm³/mol. The fourth-order valence-electron chi connectivity index (χ4n) is 9.56. The number of anilines is 2. The Labute approximate surface area is 355 Å². The van der Waals surface area contributed by atoms with Gasteiger partial charge in [-0.15, -0.1) is 22.0 Å². The van der Waals surface area contributed by atoms with E-state index in [1.807, 2.05) is 16.5 Å². The van der Waals surface area contributed by atoms with Gasteiger partial charge in [0.15, 0.2) is 0 Å². The Bertz CT molecular complexity index is 2220. The van der Waals surface area contributed by atoms with Gasteiger partial charge in [-0.1, -0.05) is 88.4 Å². The summed E-state index contributed by atoms with van der Waals surface area (Å²) in [5, 5.41) is 14.4. The van der Waals surface area contributed by atoms with E-state index in [0.29, 0.717) is 51.1 Å². The largest absolute Gasteiger partial charge is 0.405 e. The van der Waals surface area contributed by atoms with Crippen molar-refractivity contribution in [2.75, 3.05) is 55.9 Å². The molecule has 8 rings (SSSR count). The van der Waals surface area contributed by atoms with Gasteiger partial charge in [0.1, 0.15) is 23.8 Å². The lowest BCUT2D eigenvalue weighted by atomic mass is 9.75. The lowest BCUT2D eigenvalue weighted by Gasteiger charge is -2.45. The van der Waals surface area contributed by atoms with Gasteiger partial charge in [0.05, 0.1) is 32.4 Å². The summed E-state index contributed by atoms with van der Waals surface area (Å²) in [5.74, 6) is 2.85. The van der Waals surface area contributed by atoms with E-state index in [1.54, 1.807) is 18.1 Å². The fraction of sp³-hybridized carbons (Fsp3) is 0.447. The molecule has 3 aliphatic rings. The third-order valence-corrected chi connectivity index (χ3v) is 18.6. The van der Waals surface area contributed by atoms with Crippen LogP contribution in [0.3, 0.4) is 0 Å². The van der Waals surface area contributed by atoms with Crippen LogP contribution in [0.25, 0.3) is 0 Å². The summed E-state index contributed by atoms with van der Waals surface area (Å²) in [6.07, 6.45) is 6.90. The van der Waals surface area contributed by atoms with Crippen molar-refractivity contribution in [2.24, 2.45) is 13.0 Å². The molecule has 5 heterocycles. The second kappa shape index (κ2) is 17.0. The predicted octanol–water partition coefficient (Wildman–Crippen LogP) is 7.38. The highest BCUT2D eigenvalue weighted by molar-refractivity contribution is 7.98. The first kappa shape index (κ1) is 41.4. The number of benzene rings is 3. The molecular weight excluding hydrogens is 771 g/mol. The number of aromatic nitrogens is 4. The zero-order valence-electron chi connectivity index (χ0n) is 35.7. The molecule has 0 bridgehead atoms. The zero-order chi connectivity index (χ0) is 41.4. The van der Waals surface area contributed by atoms with Gasteiger partial charge in [-0.05, 0) is 94.9 Å². The van der Waals surface area contributed by atoms with Crippen LogP contribution in [0, 0.1) is 5.92 Å². The third-order valence-electron chi connectivity index (χ3n) is 12.7. The minimum atomic E-state index is -2.83. The van der Waals surface area contributed by atoms with E-state index in [4.69, 9.17) is 14.1 Å². The van der Waals surface area contributed by atoms with E-state index >= 15 is 0 Å². The van der Waals surface area contributed by atoms with Gasteiger partial charge in [0.25, 0.3) is 14.2 Å². The normalized spacial score (nSPS) is 18.7. The maximum Gasteiger partial charge on any atom is 0.261 e. The van der Waals surface area contributed by atoms with Crippen LogP contribution < -0.4 is 20.6 Å². The molecule has 0 saturated carbocycles. The van der Waals surface area contributed by atoms with Gasteiger partial charge in [-0.3, -0.25) is 14.6 Å². The van der Waals surface area contributed by atoms with E-state index in [2.05, 4.69) is 146 Å². The Morgan fingerprint density at radius 1 is 1.03 bits per heavy atom. The summed E-state index contributed by atoms with van der Waals surface area (Å²) in [7, 11) is -0.859. The van der Waals surface area contributed by atoms with Gasteiger partial charge >= 0.3 is 0 Å². The van der Waals surface area contributed by atoms with E-state index < -0.39 is 8.32 Å². The van der Waals surface area contributed by atoms with Crippen molar-refractivity contribution in [1.29, 1.82) is 0 Å². The molecule has 1 unspecified atom stereocenters. The molecule has 2 fully saturated rings. The van der Waals surface area contributed by atoms with Crippen LogP contribution in [0.4, 0.5) is 11.6 Å². The van der Waals surface area contributed by atoms with Crippen molar-refractivity contribution in [3.63, 3.8) is 0 Å². The van der Waals surface area contributed by atoms with Gasteiger partial charge in [0, 0.05) is 42.4 Å². The molecular formula is C47H59N7O3SSi. The van der Waals surface area contributed by atoms with Crippen molar-refractivity contribution >= 4 is 48.0 Å². The number of rotatable bonds is 14. The van der Waals surface area contributed by atoms with Crippen LogP contribution in [-0.2, 0) is 34.6 Å². The molecule has 10 nitrogen and oxygen atoms in total. The fourth-order valence-corrected chi connectivity index (χ4v) is 14.8. The number of carbonyl (C=O) groups excluding carboxylic acids is 1. The summed E-state index contributed by atoms with van der Waals surface area (Å²) in [4.78, 5) is 25.5. The molecule has 3 aromatic carbocycles. The number of carbonyl (C=O) groups is 1. The number of hydrogen-bond donors (Lipinski definition) is 1. The molecule has 310 valence electrons. The van der Waals surface area contributed by atoms with Crippen LogP contribution >= 0.6 is 11.8 Å². The molecule has 1 N–H and O–H groups in total. The Balaban J connectivity index is 1.18. The molecule has 12 heteroatoms. The number of nitrogens with zero attached hydrogens (tertiary/aromatic N) is 6. The molecule has 3 aliphatic heterocycles. The Morgan fingerprint density at radius 2 is 1.75 bits per heavy atom. The number of amides is 1. The number of nitrogens with one attached hydrogen (secondary N) is 1. The maximum absolute atomic E-state index is 14.9. The van der Waals surface area contributed by atoms with Crippen molar-refractivity contribution in [2.45, 2.75) is 81.8 Å². The molecule has 59 heavy (non-hydrogen) atoms. The van der Waals surface area contributed by atoms with Crippen LogP contribution in [0.5, 0.6) is 0 Å². The summed E-state index contributed by atoms with van der Waals surface area (Å²) >= 11 is 1.71. The number of piperidine rings is 1. The highest BCUT2D eigenvalue weighted by Gasteiger charge is 2.51. The first-order valence-corrected chi connectivity index (χ1v) is 24.3. The van der Waals surface area contributed by atoms with Gasteiger partial charge in [-0.25, -0.2) is 4.98 Å². The maximum atomic E-state index is 14.9. The average molecular weight is 830 g/mol. The number of ether oxygens (including phenoxy) is 1. The Kier molecular flexibility index (Phi) is 11.9. The van der Waals surface area contributed by atoms with Crippen LogP contribution in [-0.4, -0.2) is 84.6 Å². The molecule has 0 spiro atoms. The van der Waals surface area contributed by atoms with Crippen molar-refractivity contribution < 1.29 is 14.0 Å². The van der Waals surface area contributed by atoms with E-state index in [1.165, 1.54) is 16.8 Å². The smallest absolute Gasteiger partial charge is 0.261 e. The second-order valence-corrected chi connectivity index (χ2v) is 23.0. The number of fused-ring (bicyclic) bond motifs is 1. The molecule has 0 aliphatic carbocycles. The molecule has 2 saturated heterocycles. The molecule has 2 atom stereocenters. The number of pyridine rings is 1. The molecule has 2 aromatic heterocycles. The molecule has 1 amide bonds. The van der Waals surface area contributed by atoms with E-state index in [-0.39, 0.29) is 22.4 Å². The van der Waals surface area contributed by atoms with Crippen molar-refractivity contribution in [3.05, 3.63) is 119 Å². The molecule has 5 aromatic rings. The minimum absolute atomic E-state index is 0.0184. The van der Waals surface area contributed by atoms with Gasteiger partial charge < -0.3 is 19.0 Å². The molecule has 0 radical (unpaired) electrons. The van der Waals surface area contributed by atoms with Crippen LogP contribution in [0.1, 0.15) is 86.4 Å². The summed E-state index contributed by atoms with van der Waals surface area (Å²) in [6, 6.07) is 30.5. The van der Waals surface area contributed by atoms with E-state index in [9.17, 15) is 4.79 Å². The summed E-state index contributed by atoms with van der Waals surface area (Å²) in [6.45, 7) is 16.3. The lowest BCUT2D eigenvalue weighted by molar-refractivity contribution is -0.0611.